The molecular formula is C18H22O8S3. The van der Waals surface area contributed by atoms with Gasteiger partial charge in [-0.25, -0.2) is 8.42 Å². The van der Waals surface area contributed by atoms with Gasteiger partial charge in [-0.2, -0.15) is 0 Å². The van der Waals surface area contributed by atoms with Gasteiger partial charge in [0.15, 0.2) is 28.1 Å². The number of hydrogen-bond donors (Lipinski definition) is 0. The highest BCUT2D eigenvalue weighted by Gasteiger charge is 2.46. The van der Waals surface area contributed by atoms with Crippen LogP contribution in [0.5, 0.6) is 0 Å². The van der Waals surface area contributed by atoms with Crippen molar-refractivity contribution in [3.63, 3.8) is 0 Å². The third-order valence-corrected chi connectivity index (χ3v) is 7.80. The minimum Gasteiger partial charge on any atom is -0.458 e. The van der Waals surface area contributed by atoms with Crippen LogP contribution in [0.2, 0.25) is 0 Å². The zero-order valence-corrected chi connectivity index (χ0v) is 18.8. The minimum absolute atomic E-state index is 0.197. The quantitative estimate of drug-likeness (QED) is 0.460. The lowest BCUT2D eigenvalue weighted by Crippen LogP contribution is -2.53. The zero-order valence-electron chi connectivity index (χ0n) is 16.3. The Hall–Kier alpha value is -1.72. The number of hydrogen-bond acceptors (Lipinski definition) is 10. The third kappa shape index (κ3) is 6.93. The van der Waals surface area contributed by atoms with Crippen LogP contribution < -0.4 is 0 Å². The maximum Gasteiger partial charge on any atom is 0.303 e. The van der Waals surface area contributed by atoms with Gasteiger partial charge in [0.05, 0.1) is 9.48 Å². The fourth-order valence-corrected chi connectivity index (χ4v) is 6.12. The third-order valence-electron chi connectivity index (χ3n) is 3.81. The van der Waals surface area contributed by atoms with E-state index in [9.17, 15) is 22.8 Å². The second kappa shape index (κ2) is 9.86. The van der Waals surface area contributed by atoms with E-state index in [0.717, 1.165) is 11.2 Å². The fraction of sp³-hybridized carbons (Fsp3) is 0.500. The Morgan fingerprint density at radius 3 is 1.93 bits per heavy atom. The molecule has 0 N–H and O–H groups in total. The Morgan fingerprint density at radius 1 is 0.931 bits per heavy atom. The average molecular weight is 463 g/mol. The van der Waals surface area contributed by atoms with Gasteiger partial charge < -0.3 is 14.2 Å². The first kappa shape index (κ1) is 23.6. The molecule has 0 amide bonds. The summed E-state index contributed by atoms with van der Waals surface area (Å²) in [5.74, 6) is -1.34. The lowest BCUT2D eigenvalue weighted by molar-refractivity contribution is -0.180. The summed E-state index contributed by atoms with van der Waals surface area (Å²) in [5, 5.41) is 0. The van der Waals surface area contributed by atoms with Gasteiger partial charge >= 0.3 is 17.9 Å². The number of benzene rings is 1. The zero-order chi connectivity index (χ0) is 21.8. The van der Waals surface area contributed by atoms with E-state index in [1.807, 2.05) is 0 Å². The molecule has 2 rings (SSSR count). The van der Waals surface area contributed by atoms with Crippen LogP contribution in [0.25, 0.3) is 0 Å². The van der Waals surface area contributed by atoms with E-state index in [2.05, 4.69) is 0 Å². The summed E-state index contributed by atoms with van der Waals surface area (Å²) >= 11 is 2.74. The van der Waals surface area contributed by atoms with Gasteiger partial charge in [0.1, 0.15) is 0 Å². The summed E-state index contributed by atoms with van der Waals surface area (Å²) in [6, 6.07) is 6.31. The average Bonchev–Trinajstić information content (AvgIpc) is 2.58. The van der Waals surface area contributed by atoms with E-state index in [1.54, 1.807) is 12.1 Å². The van der Waals surface area contributed by atoms with Crippen LogP contribution in [0.4, 0.5) is 0 Å². The lowest BCUT2D eigenvalue weighted by Gasteiger charge is -2.39. The van der Waals surface area contributed by atoms with Gasteiger partial charge in [-0.05, 0) is 24.3 Å². The maximum absolute atomic E-state index is 11.7. The fourth-order valence-electron chi connectivity index (χ4n) is 2.71. The van der Waals surface area contributed by atoms with E-state index in [1.165, 1.54) is 56.4 Å². The van der Waals surface area contributed by atoms with Crippen molar-refractivity contribution >= 4 is 51.3 Å². The highest BCUT2D eigenvalue weighted by atomic mass is 32.2. The van der Waals surface area contributed by atoms with Gasteiger partial charge in [-0.15, -0.1) is 23.5 Å². The number of sulfone groups is 1. The summed E-state index contributed by atoms with van der Waals surface area (Å²) < 4.78 is 38.9. The SMILES string of the molecule is CC(=O)O[C@@H]1[C@@H](OC(C)=O)[C@H](Sc2ccc(S(C)(=O)=O)cc2)SC[C@H]1OC(C)=O. The van der Waals surface area contributed by atoms with E-state index in [-0.39, 0.29) is 9.48 Å². The number of thioether (sulfide) groups is 2. The first-order valence-electron chi connectivity index (χ1n) is 8.57. The lowest BCUT2D eigenvalue weighted by atomic mass is 10.1. The van der Waals surface area contributed by atoms with Gasteiger partial charge in [0.25, 0.3) is 0 Å². The van der Waals surface area contributed by atoms with Crippen molar-refractivity contribution < 1.29 is 37.0 Å². The molecule has 1 aromatic rings. The molecule has 0 aliphatic carbocycles. The van der Waals surface area contributed by atoms with Crippen LogP contribution >= 0.6 is 23.5 Å². The summed E-state index contributed by atoms with van der Waals surface area (Å²) in [6.07, 6.45) is -1.44. The second-order valence-corrected chi connectivity index (χ2v) is 11.1. The molecule has 8 nitrogen and oxygen atoms in total. The highest BCUT2D eigenvalue weighted by molar-refractivity contribution is 8.17. The number of ether oxygens (including phenoxy) is 3. The van der Waals surface area contributed by atoms with Crippen molar-refractivity contribution in [2.24, 2.45) is 0 Å². The molecule has 160 valence electrons. The molecule has 0 aromatic heterocycles. The first-order valence-corrected chi connectivity index (χ1v) is 12.4. The van der Waals surface area contributed by atoms with Crippen molar-refractivity contribution in [2.75, 3.05) is 12.0 Å². The standard InChI is InChI=1S/C18H22O8S3/c1-10(19)24-15-9-27-18(17(26-12(3)21)16(15)25-11(2)20)28-13-5-7-14(8-6-13)29(4,22)23/h5-8,15-18H,9H2,1-4H3/t15-,16+,17-,18+/m1/s1. The van der Waals surface area contributed by atoms with E-state index in [4.69, 9.17) is 14.2 Å². The molecule has 0 bridgehead atoms. The van der Waals surface area contributed by atoms with Crippen LogP contribution in [0, 0.1) is 0 Å². The Kier molecular flexibility index (Phi) is 8.01. The Labute approximate surface area is 178 Å². The summed E-state index contributed by atoms with van der Waals surface area (Å²) in [5.41, 5.74) is 0. The van der Waals surface area contributed by atoms with Gasteiger partial charge in [-0.1, -0.05) is 0 Å². The van der Waals surface area contributed by atoms with Crippen molar-refractivity contribution in [1.82, 2.24) is 0 Å². The molecule has 0 unspecified atom stereocenters. The highest BCUT2D eigenvalue weighted by Crippen LogP contribution is 2.41. The molecule has 11 heteroatoms. The van der Waals surface area contributed by atoms with Crippen LogP contribution in [0.1, 0.15) is 20.8 Å². The van der Waals surface area contributed by atoms with Crippen molar-refractivity contribution in [1.29, 1.82) is 0 Å². The normalized spacial score (nSPS) is 24.4. The van der Waals surface area contributed by atoms with Crippen LogP contribution in [0.15, 0.2) is 34.1 Å². The van der Waals surface area contributed by atoms with Crippen LogP contribution in [-0.2, 0) is 38.4 Å². The Bertz CT molecular complexity index is 866. The number of esters is 3. The largest absolute Gasteiger partial charge is 0.458 e. The van der Waals surface area contributed by atoms with Crippen molar-refractivity contribution in [2.45, 2.75) is 53.5 Å². The molecule has 1 heterocycles. The summed E-state index contributed by atoms with van der Waals surface area (Å²) in [7, 11) is -3.31. The minimum atomic E-state index is -3.31. The monoisotopic (exact) mass is 462 g/mol. The van der Waals surface area contributed by atoms with Crippen LogP contribution in [0.3, 0.4) is 0 Å². The molecule has 1 aliphatic heterocycles. The molecule has 0 radical (unpaired) electrons. The number of carbonyl (C=O) groups excluding carboxylic acids is 3. The smallest absolute Gasteiger partial charge is 0.303 e. The van der Waals surface area contributed by atoms with Crippen molar-refractivity contribution in [3.8, 4) is 0 Å². The molecule has 1 saturated heterocycles. The van der Waals surface area contributed by atoms with Crippen molar-refractivity contribution in [3.05, 3.63) is 24.3 Å². The summed E-state index contributed by atoms with van der Waals surface area (Å²) in [4.78, 5) is 35.6. The number of carbonyl (C=O) groups is 3. The molecule has 29 heavy (non-hydrogen) atoms. The molecular weight excluding hydrogens is 440 g/mol. The molecule has 0 saturated carbocycles. The predicted octanol–water partition coefficient (Wildman–Crippen LogP) is 2.05. The van der Waals surface area contributed by atoms with Gasteiger partial charge in [0, 0.05) is 37.7 Å². The van der Waals surface area contributed by atoms with Gasteiger partial charge in [0.2, 0.25) is 0 Å². The molecule has 1 aliphatic rings. The van der Waals surface area contributed by atoms with Gasteiger partial charge in [-0.3, -0.25) is 14.4 Å². The summed E-state index contributed by atoms with van der Waals surface area (Å²) in [6.45, 7) is 3.72. The molecule has 1 aromatic carbocycles. The molecule has 4 atom stereocenters. The van der Waals surface area contributed by atoms with Crippen LogP contribution in [-0.4, -0.2) is 61.2 Å². The number of rotatable bonds is 6. The topological polar surface area (TPSA) is 113 Å². The van der Waals surface area contributed by atoms with E-state index in [0.29, 0.717) is 5.75 Å². The first-order chi connectivity index (χ1) is 13.5. The predicted molar refractivity (Wildman–Crippen MR) is 108 cm³/mol. The van der Waals surface area contributed by atoms with E-state index < -0.39 is 46.1 Å². The second-order valence-electron chi connectivity index (χ2n) is 6.36. The Balaban J connectivity index is 2.28. The van der Waals surface area contributed by atoms with E-state index >= 15 is 0 Å². The maximum atomic E-state index is 11.7. The Morgan fingerprint density at radius 2 is 1.45 bits per heavy atom. The molecule has 0 spiro atoms. The molecule has 1 fully saturated rings.